The Kier molecular flexibility index (Phi) is 6.32. The van der Waals surface area contributed by atoms with Crippen LogP contribution >= 0.6 is 11.6 Å². The monoisotopic (exact) mass is 240 g/mol. The Labute approximate surface area is 104 Å². The van der Waals surface area contributed by atoms with E-state index >= 15 is 0 Å². The smallest absolute Gasteiger partial charge is 0.123 e. The Morgan fingerprint density at radius 2 is 1.94 bits per heavy atom. The summed E-state index contributed by atoms with van der Waals surface area (Å²) in [5, 5.41) is 0.00634. The summed E-state index contributed by atoms with van der Waals surface area (Å²) in [5.74, 6) is 0.932. The second-order valence-electron chi connectivity index (χ2n) is 4.06. The zero-order valence-corrected chi connectivity index (χ0v) is 11.0. The highest BCUT2D eigenvalue weighted by Gasteiger charge is 2.07. The minimum atomic E-state index is 0.00634. The highest BCUT2D eigenvalue weighted by atomic mass is 35.5. The minimum Gasteiger partial charge on any atom is -0.493 e. The molecule has 0 radical (unpaired) electrons. The fraction of sp³-hybridized carbons (Fsp3) is 0.571. The third-order valence-corrected chi connectivity index (χ3v) is 2.84. The molecule has 0 heterocycles. The molecule has 0 aromatic heterocycles. The summed E-state index contributed by atoms with van der Waals surface area (Å²) in [5.41, 5.74) is 1.08. The maximum absolute atomic E-state index is 6.09. The molecule has 1 atom stereocenters. The molecule has 0 fully saturated rings. The van der Waals surface area contributed by atoms with E-state index in [0.29, 0.717) is 0 Å². The van der Waals surface area contributed by atoms with E-state index in [2.05, 4.69) is 6.92 Å². The summed E-state index contributed by atoms with van der Waals surface area (Å²) in [6, 6.07) is 8.01. The van der Waals surface area contributed by atoms with Crippen molar-refractivity contribution in [1.82, 2.24) is 0 Å². The van der Waals surface area contributed by atoms with Crippen molar-refractivity contribution < 1.29 is 4.74 Å². The van der Waals surface area contributed by atoms with Gasteiger partial charge in [-0.05, 0) is 19.4 Å². The van der Waals surface area contributed by atoms with Gasteiger partial charge < -0.3 is 4.74 Å². The van der Waals surface area contributed by atoms with Crippen molar-refractivity contribution in [3.63, 3.8) is 0 Å². The van der Waals surface area contributed by atoms with E-state index in [1.54, 1.807) is 0 Å². The molecule has 0 N–H and O–H groups in total. The summed E-state index contributed by atoms with van der Waals surface area (Å²) in [6.07, 6.45) is 4.92. The molecule has 1 aromatic carbocycles. The summed E-state index contributed by atoms with van der Waals surface area (Å²) in [4.78, 5) is 0. The maximum Gasteiger partial charge on any atom is 0.123 e. The van der Waals surface area contributed by atoms with Gasteiger partial charge in [-0.15, -0.1) is 11.6 Å². The van der Waals surface area contributed by atoms with Crippen LogP contribution in [0.15, 0.2) is 24.3 Å². The summed E-state index contributed by atoms with van der Waals surface area (Å²) in [6.45, 7) is 4.98. The van der Waals surface area contributed by atoms with Crippen LogP contribution in [0.5, 0.6) is 5.75 Å². The average molecular weight is 241 g/mol. The van der Waals surface area contributed by atoms with Crippen molar-refractivity contribution in [3.05, 3.63) is 29.8 Å². The number of para-hydroxylation sites is 1. The molecule has 1 unspecified atom stereocenters. The fourth-order valence-corrected chi connectivity index (χ4v) is 1.83. The molecule has 1 rings (SSSR count). The van der Waals surface area contributed by atoms with E-state index in [-0.39, 0.29) is 5.38 Å². The molecule has 0 bridgehead atoms. The molecule has 1 nitrogen and oxygen atoms in total. The third kappa shape index (κ3) is 4.44. The summed E-state index contributed by atoms with van der Waals surface area (Å²) in [7, 11) is 0. The predicted octanol–water partition coefficient (Wildman–Crippen LogP) is 4.95. The lowest BCUT2D eigenvalue weighted by Gasteiger charge is -2.12. The molecule has 1 aromatic rings. The number of benzene rings is 1. The number of unbranched alkanes of at least 4 members (excludes halogenated alkanes) is 3. The van der Waals surface area contributed by atoms with Crippen LogP contribution in [0.2, 0.25) is 0 Å². The number of ether oxygens (including phenoxy) is 1. The normalized spacial score (nSPS) is 12.4. The largest absolute Gasteiger partial charge is 0.493 e. The first-order valence-electron chi connectivity index (χ1n) is 6.11. The van der Waals surface area contributed by atoms with Gasteiger partial charge in [0, 0.05) is 5.56 Å². The van der Waals surface area contributed by atoms with Crippen LogP contribution in [0.3, 0.4) is 0 Å². The zero-order valence-electron chi connectivity index (χ0n) is 10.2. The molecule has 2 heteroatoms. The van der Waals surface area contributed by atoms with Gasteiger partial charge in [-0.3, -0.25) is 0 Å². The first kappa shape index (κ1) is 13.4. The van der Waals surface area contributed by atoms with Gasteiger partial charge in [0.2, 0.25) is 0 Å². The van der Waals surface area contributed by atoms with Crippen molar-refractivity contribution in [2.45, 2.75) is 44.9 Å². The fourth-order valence-electron chi connectivity index (χ4n) is 1.65. The van der Waals surface area contributed by atoms with E-state index in [1.807, 2.05) is 31.2 Å². The SMILES string of the molecule is CCCCCCOc1ccccc1C(C)Cl. The Morgan fingerprint density at radius 3 is 2.62 bits per heavy atom. The molecule has 0 aliphatic carbocycles. The van der Waals surface area contributed by atoms with Crippen LogP contribution in [0.25, 0.3) is 0 Å². The Balaban J connectivity index is 2.41. The second kappa shape index (κ2) is 7.56. The molecule has 0 aliphatic rings. The standard InChI is InChI=1S/C14H21ClO/c1-3-4-5-8-11-16-14-10-7-6-9-13(14)12(2)15/h6-7,9-10,12H,3-5,8,11H2,1-2H3. The molecule has 16 heavy (non-hydrogen) atoms. The second-order valence-corrected chi connectivity index (χ2v) is 4.72. The molecule has 0 aliphatic heterocycles. The molecule has 0 saturated carbocycles. The number of hydrogen-bond donors (Lipinski definition) is 0. The van der Waals surface area contributed by atoms with E-state index in [4.69, 9.17) is 16.3 Å². The van der Waals surface area contributed by atoms with Crippen LogP contribution < -0.4 is 4.74 Å². The number of halogens is 1. The highest BCUT2D eigenvalue weighted by Crippen LogP contribution is 2.28. The zero-order chi connectivity index (χ0) is 11.8. The van der Waals surface area contributed by atoms with Gasteiger partial charge in [0.1, 0.15) is 5.75 Å². The molecule has 90 valence electrons. The van der Waals surface area contributed by atoms with Gasteiger partial charge in [-0.25, -0.2) is 0 Å². The van der Waals surface area contributed by atoms with Crippen LogP contribution in [-0.4, -0.2) is 6.61 Å². The van der Waals surface area contributed by atoms with Gasteiger partial charge in [0.25, 0.3) is 0 Å². The first-order chi connectivity index (χ1) is 7.75. The van der Waals surface area contributed by atoms with E-state index in [0.717, 1.165) is 24.3 Å². The molecule has 0 saturated heterocycles. The number of rotatable bonds is 7. The third-order valence-electron chi connectivity index (χ3n) is 2.60. The van der Waals surface area contributed by atoms with Gasteiger partial charge >= 0.3 is 0 Å². The molecule has 0 spiro atoms. The van der Waals surface area contributed by atoms with Gasteiger partial charge in [0.05, 0.1) is 12.0 Å². The van der Waals surface area contributed by atoms with Crippen molar-refractivity contribution in [2.75, 3.05) is 6.61 Å². The topological polar surface area (TPSA) is 9.23 Å². The lowest BCUT2D eigenvalue weighted by Crippen LogP contribution is -2.00. The summed E-state index contributed by atoms with van der Waals surface area (Å²) >= 11 is 6.09. The van der Waals surface area contributed by atoms with E-state index in [9.17, 15) is 0 Å². The molecular weight excluding hydrogens is 220 g/mol. The Morgan fingerprint density at radius 1 is 1.19 bits per heavy atom. The van der Waals surface area contributed by atoms with E-state index in [1.165, 1.54) is 19.3 Å². The van der Waals surface area contributed by atoms with Crippen molar-refractivity contribution in [3.8, 4) is 5.75 Å². The lowest BCUT2D eigenvalue weighted by atomic mass is 10.1. The molecule has 0 amide bonds. The van der Waals surface area contributed by atoms with Crippen LogP contribution in [0.1, 0.15) is 50.5 Å². The number of hydrogen-bond acceptors (Lipinski definition) is 1. The van der Waals surface area contributed by atoms with Crippen LogP contribution in [-0.2, 0) is 0 Å². The average Bonchev–Trinajstić information content (AvgIpc) is 2.29. The first-order valence-corrected chi connectivity index (χ1v) is 6.55. The van der Waals surface area contributed by atoms with Gasteiger partial charge in [-0.1, -0.05) is 44.4 Å². The minimum absolute atomic E-state index is 0.00634. The maximum atomic E-state index is 6.09. The van der Waals surface area contributed by atoms with Gasteiger partial charge in [-0.2, -0.15) is 0 Å². The van der Waals surface area contributed by atoms with Gasteiger partial charge in [0.15, 0.2) is 0 Å². The van der Waals surface area contributed by atoms with Crippen molar-refractivity contribution in [1.29, 1.82) is 0 Å². The van der Waals surface area contributed by atoms with Crippen molar-refractivity contribution >= 4 is 11.6 Å². The lowest BCUT2D eigenvalue weighted by molar-refractivity contribution is 0.302. The quantitative estimate of drug-likeness (QED) is 0.484. The Hall–Kier alpha value is -0.690. The van der Waals surface area contributed by atoms with E-state index < -0.39 is 0 Å². The van der Waals surface area contributed by atoms with Crippen molar-refractivity contribution in [2.24, 2.45) is 0 Å². The van der Waals surface area contributed by atoms with Crippen LogP contribution in [0, 0.1) is 0 Å². The summed E-state index contributed by atoms with van der Waals surface area (Å²) < 4.78 is 5.76. The number of alkyl halides is 1. The Bertz CT molecular complexity index is 297. The highest BCUT2D eigenvalue weighted by molar-refractivity contribution is 6.20. The predicted molar refractivity (Wildman–Crippen MR) is 70.3 cm³/mol. The molecular formula is C14H21ClO. The van der Waals surface area contributed by atoms with Crippen LogP contribution in [0.4, 0.5) is 0 Å².